The van der Waals surface area contributed by atoms with E-state index in [1.807, 2.05) is 0 Å². The number of hydrogen-bond acceptors (Lipinski definition) is 7. The van der Waals surface area contributed by atoms with Gasteiger partial charge < -0.3 is 23.6 Å². The summed E-state index contributed by atoms with van der Waals surface area (Å²) in [6.07, 6.45) is 8.55. The Bertz CT molecular complexity index is 383. The van der Waals surface area contributed by atoms with Gasteiger partial charge in [0.05, 0.1) is 13.2 Å². The lowest BCUT2D eigenvalue weighted by molar-refractivity contribution is -0.117. The van der Waals surface area contributed by atoms with Crippen molar-refractivity contribution in [1.29, 1.82) is 0 Å². The van der Waals surface area contributed by atoms with Crippen molar-refractivity contribution >= 4 is 33.5 Å². The molecule has 0 heterocycles. The van der Waals surface area contributed by atoms with Gasteiger partial charge in [-0.3, -0.25) is 9.05 Å². The van der Waals surface area contributed by atoms with E-state index in [0.717, 1.165) is 0 Å². The van der Waals surface area contributed by atoms with Crippen LogP contribution >= 0.6 is 15.1 Å². The van der Waals surface area contributed by atoms with Gasteiger partial charge in [0.1, 0.15) is 5.78 Å². The fourth-order valence-corrected chi connectivity index (χ4v) is 2.63. The lowest BCUT2D eigenvalue weighted by Gasteiger charge is -2.21. The molecule has 9 heteroatoms. The summed E-state index contributed by atoms with van der Waals surface area (Å²) in [6.45, 7) is 3.28. The lowest BCUT2D eigenvalue weighted by Crippen LogP contribution is -2.03. The first-order valence-electron chi connectivity index (χ1n) is 6.18. The van der Waals surface area contributed by atoms with Crippen LogP contribution in [0.4, 0.5) is 0 Å². The Kier molecular flexibility index (Phi) is 9.89. The van der Waals surface area contributed by atoms with Gasteiger partial charge >= 0.3 is 0 Å². The largest absolute Gasteiger partial charge is 0.333 e. The van der Waals surface area contributed by atoms with Gasteiger partial charge in [-0.25, -0.2) is 0 Å². The minimum Gasteiger partial charge on any atom is -0.333 e. The second-order valence-electron chi connectivity index (χ2n) is 4.06. The average Bonchev–Trinajstić information content (AvgIpc) is 2.27. The summed E-state index contributed by atoms with van der Waals surface area (Å²) in [6, 6.07) is 0. The first-order chi connectivity index (χ1) is 9.18. The molecule has 20 heavy (non-hydrogen) atoms. The van der Waals surface area contributed by atoms with E-state index < -0.39 is 21.9 Å². The van der Waals surface area contributed by atoms with Gasteiger partial charge in [0.25, 0.3) is 0 Å². The Balaban J connectivity index is 3.82. The Hall–Kier alpha value is 0.0300. The van der Waals surface area contributed by atoms with Crippen LogP contribution in [0.1, 0.15) is 33.1 Å². The number of hydrogen-bond donors (Lipinski definition) is 2. The van der Waals surface area contributed by atoms with Crippen molar-refractivity contribution in [2.45, 2.75) is 33.1 Å². The number of rotatable bonds is 12. The van der Waals surface area contributed by atoms with Crippen LogP contribution in [0.2, 0.25) is 0 Å². The zero-order chi connectivity index (χ0) is 15.6. The van der Waals surface area contributed by atoms with Gasteiger partial charge in [-0.15, -0.1) is 0 Å². The van der Waals surface area contributed by atoms with Crippen molar-refractivity contribution in [2.24, 2.45) is 0 Å². The van der Waals surface area contributed by atoms with Gasteiger partial charge in [0.15, 0.2) is 6.79 Å². The minimum atomic E-state index is -3.25. The van der Waals surface area contributed by atoms with E-state index in [4.69, 9.17) is 18.1 Å². The highest BCUT2D eigenvalue weighted by Gasteiger charge is 2.15. The topological polar surface area (TPSA) is 94.5 Å². The molecule has 0 aromatic rings. The quantitative estimate of drug-likeness (QED) is 0.322. The van der Waals surface area contributed by atoms with E-state index in [1.165, 1.54) is 6.92 Å². The van der Waals surface area contributed by atoms with E-state index in [0.29, 0.717) is 19.3 Å². The maximum atomic E-state index is 10.7. The molecule has 2 N–H and O–H groups in total. The third-order valence-electron chi connectivity index (χ3n) is 2.06. The average molecular weight is 330 g/mol. The molecule has 2 unspecified atom stereocenters. The molecule has 0 radical (unpaired) electrons. The Morgan fingerprint density at radius 2 is 1.60 bits per heavy atom. The SMILES string of the molecule is C=P(O)(OCC)OCOP(=C)(O)OCCCCC(C)=O. The van der Waals surface area contributed by atoms with E-state index in [1.54, 1.807) is 6.92 Å². The summed E-state index contributed by atoms with van der Waals surface area (Å²) in [4.78, 5) is 30.0. The van der Waals surface area contributed by atoms with Crippen LogP contribution in [0.25, 0.3) is 0 Å². The third kappa shape index (κ3) is 11.8. The molecule has 0 amide bonds. The molecule has 0 aliphatic heterocycles. The fourth-order valence-electron chi connectivity index (χ4n) is 1.15. The second kappa shape index (κ2) is 9.87. The van der Waals surface area contributed by atoms with Crippen molar-refractivity contribution < 1.29 is 32.7 Å². The van der Waals surface area contributed by atoms with Crippen molar-refractivity contribution in [3.05, 3.63) is 0 Å². The number of unbranched alkanes of at least 4 members (excludes halogenated alkanes) is 1. The third-order valence-corrected chi connectivity index (χ3v) is 4.32. The lowest BCUT2D eigenvalue weighted by atomic mass is 10.2. The maximum Gasteiger partial charge on any atom is 0.250 e. The predicted molar refractivity (Wildman–Crippen MR) is 81.7 cm³/mol. The molecule has 0 saturated carbocycles. The molecule has 7 nitrogen and oxygen atoms in total. The summed E-state index contributed by atoms with van der Waals surface area (Å²) in [7, 11) is -6.41. The van der Waals surface area contributed by atoms with Crippen LogP contribution in [0, 0.1) is 0 Å². The van der Waals surface area contributed by atoms with Gasteiger partial charge in [-0.2, -0.15) is 0 Å². The summed E-state index contributed by atoms with van der Waals surface area (Å²) in [5.41, 5.74) is 0. The summed E-state index contributed by atoms with van der Waals surface area (Å²) >= 11 is 0. The molecular weight excluding hydrogens is 306 g/mol. The number of carbonyl (C=O) groups excluding carboxylic acids is 1. The molecule has 0 aliphatic carbocycles. The zero-order valence-corrected chi connectivity index (χ0v) is 13.8. The normalized spacial score (nSPS) is 17.4. The molecule has 0 saturated heterocycles. The van der Waals surface area contributed by atoms with Crippen molar-refractivity contribution in [1.82, 2.24) is 0 Å². The van der Waals surface area contributed by atoms with Crippen LogP contribution < -0.4 is 0 Å². The fraction of sp³-hybridized carbons (Fsp3) is 0.727. The Morgan fingerprint density at radius 3 is 2.10 bits per heavy atom. The van der Waals surface area contributed by atoms with Crippen LogP contribution in [-0.4, -0.2) is 48.2 Å². The molecule has 0 rings (SSSR count). The highest BCUT2D eigenvalue weighted by molar-refractivity contribution is 7.59. The summed E-state index contributed by atoms with van der Waals surface area (Å²) in [5.74, 6) is 0.115. The Labute approximate surface area is 120 Å². The van der Waals surface area contributed by atoms with Crippen LogP contribution in [0.3, 0.4) is 0 Å². The highest BCUT2D eigenvalue weighted by Crippen LogP contribution is 2.47. The molecule has 0 spiro atoms. The smallest absolute Gasteiger partial charge is 0.250 e. The Morgan fingerprint density at radius 1 is 1.05 bits per heavy atom. The highest BCUT2D eigenvalue weighted by atomic mass is 31.2. The van der Waals surface area contributed by atoms with Crippen LogP contribution in [0.15, 0.2) is 0 Å². The minimum absolute atomic E-state index is 0.115. The molecule has 0 aromatic heterocycles. The predicted octanol–water partition coefficient (Wildman–Crippen LogP) is 2.16. The molecule has 0 aliphatic rings. The summed E-state index contributed by atoms with van der Waals surface area (Å²) in [5, 5.41) is 0. The van der Waals surface area contributed by atoms with E-state index in [-0.39, 0.29) is 19.0 Å². The number of Topliss-reactive ketones (excluding diaryl/α,β-unsaturated/α-hetero) is 1. The molecule has 120 valence electrons. The van der Waals surface area contributed by atoms with E-state index >= 15 is 0 Å². The van der Waals surface area contributed by atoms with E-state index in [9.17, 15) is 14.6 Å². The molecule has 2 atom stereocenters. The monoisotopic (exact) mass is 330 g/mol. The maximum absolute atomic E-state index is 10.7. The molecule has 0 aromatic carbocycles. The van der Waals surface area contributed by atoms with Crippen molar-refractivity contribution in [2.75, 3.05) is 20.0 Å². The molecule has 0 bridgehead atoms. The second-order valence-corrected chi connectivity index (χ2v) is 7.64. The van der Waals surface area contributed by atoms with Crippen molar-refractivity contribution in [3.63, 3.8) is 0 Å². The van der Waals surface area contributed by atoms with Crippen LogP contribution in [0.5, 0.6) is 0 Å². The van der Waals surface area contributed by atoms with Crippen LogP contribution in [-0.2, 0) is 22.9 Å². The number of carbonyl (C=O) groups is 1. The van der Waals surface area contributed by atoms with E-state index in [2.05, 4.69) is 12.6 Å². The number of ketones is 1. The van der Waals surface area contributed by atoms with Crippen molar-refractivity contribution in [3.8, 4) is 0 Å². The molecule has 0 fully saturated rings. The van der Waals surface area contributed by atoms with Gasteiger partial charge in [-0.1, -0.05) is 0 Å². The summed E-state index contributed by atoms with van der Waals surface area (Å²) < 4.78 is 19.8. The van der Waals surface area contributed by atoms with Gasteiger partial charge in [0, 0.05) is 6.42 Å². The first-order valence-corrected chi connectivity index (χ1v) is 9.71. The van der Waals surface area contributed by atoms with Gasteiger partial charge in [-0.05, 0) is 39.3 Å². The molecular formula is C11H24O7P2. The standard InChI is InChI=1S/C11H24O7P2/c1-5-15-19(3,13)17-10-18-20(4,14)16-9-7-6-8-11(2)12/h13-14H,3-10H2,1-2H3. The zero-order valence-electron chi connectivity index (χ0n) is 12.0. The first kappa shape index (κ1) is 20.0. The van der Waals surface area contributed by atoms with Gasteiger partial charge in [0.2, 0.25) is 15.1 Å².